The van der Waals surface area contributed by atoms with Gasteiger partial charge in [-0.3, -0.25) is 14.8 Å². The maximum Gasteiger partial charge on any atom is 0.319 e. The number of piperazine rings is 1. The van der Waals surface area contributed by atoms with Crippen LogP contribution in [0.4, 0.5) is 14.6 Å². The summed E-state index contributed by atoms with van der Waals surface area (Å²) in [6.45, 7) is 2.47. The molecule has 5 heterocycles. The summed E-state index contributed by atoms with van der Waals surface area (Å²) in [7, 11) is 2.05. The van der Waals surface area contributed by atoms with Gasteiger partial charge in [-0.15, -0.1) is 6.42 Å². The van der Waals surface area contributed by atoms with Gasteiger partial charge in [0.1, 0.15) is 23.6 Å². The fraction of sp³-hybridized carbons (Fsp3) is 0.270. The number of nitrogens with zero attached hydrogens (tertiary/aromatic N) is 7. The molecular formula is C37H33F2N7O2. The first kappa shape index (κ1) is 31.1. The maximum atomic E-state index is 16.7. The minimum absolute atomic E-state index is 0.0546. The lowest BCUT2D eigenvalue weighted by atomic mass is 9.97. The monoisotopic (exact) mass is 645 g/mol. The third kappa shape index (κ3) is 6.02. The van der Waals surface area contributed by atoms with Crippen LogP contribution < -0.4 is 9.64 Å². The molecule has 0 radical (unpaired) electrons. The van der Waals surface area contributed by atoms with E-state index in [0.717, 1.165) is 36.2 Å². The van der Waals surface area contributed by atoms with Crippen LogP contribution in [-0.4, -0.2) is 88.1 Å². The normalized spacial score (nSPS) is 17.2. The second-order valence-corrected chi connectivity index (χ2v) is 12.0. The number of anilines is 1. The van der Waals surface area contributed by atoms with Crippen LogP contribution in [0.3, 0.4) is 0 Å². The molecule has 7 rings (SSSR count). The van der Waals surface area contributed by atoms with Crippen molar-refractivity contribution in [2.45, 2.75) is 18.9 Å². The molecule has 0 N–H and O–H groups in total. The number of carbonyl (C=O) groups excluding carboxylic acids is 1. The van der Waals surface area contributed by atoms with E-state index < -0.39 is 17.6 Å². The van der Waals surface area contributed by atoms with E-state index in [4.69, 9.17) is 16.1 Å². The summed E-state index contributed by atoms with van der Waals surface area (Å²) in [5, 5.41) is 2.00. The minimum atomic E-state index is -0.887. The lowest BCUT2D eigenvalue weighted by Crippen LogP contribution is -2.49. The van der Waals surface area contributed by atoms with Crippen molar-refractivity contribution in [1.82, 2.24) is 29.7 Å². The van der Waals surface area contributed by atoms with E-state index in [0.29, 0.717) is 47.7 Å². The number of ether oxygens (including phenoxy) is 1. The highest BCUT2D eigenvalue weighted by Gasteiger charge is 2.28. The number of halogens is 2. The van der Waals surface area contributed by atoms with Gasteiger partial charge in [-0.25, -0.2) is 8.78 Å². The summed E-state index contributed by atoms with van der Waals surface area (Å²) in [6.07, 6.45) is 12.1. The van der Waals surface area contributed by atoms with Crippen LogP contribution in [0.2, 0.25) is 0 Å². The molecule has 1 unspecified atom stereocenters. The first-order valence-electron chi connectivity index (χ1n) is 15.9. The Kier molecular flexibility index (Phi) is 8.65. The lowest BCUT2D eigenvalue weighted by Gasteiger charge is -2.35. The molecule has 3 aromatic heterocycles. The van der Waals surface area contributed by atoms with E-state index in [1.54, 1.807) is 30.5 Å². The van der Waals surface area contributed by atoms with Gasteiger partial charge in [0.15, 0.2) is 11.6 Å². The first-order chi connectivity index (χ1) is 23.4. The quantitative estimate of drug-likeness (QED) is 0.170. The zero-order valence-electron chi connectivity index (χ0n) is 26.4. The summed E-state index contributed by atoms with van der Waals surface area (Å²) in [6, 6.07) is 16.5. The van der Waals surface area contributed by atoms with Crippen LogP contribution in [0.25, 0.3) is 39.0 Å². The Morgan fingerprint density at radius 1 is 1.04 bits per heavy atom. The minimum Gasteiger partial charge on any atom is -0.462 e. The molecule has 1 atom stereocenters. The highest BCUT2D eigenvalue weighted by atomic mass is 19.1. The molecule has 242 valence electrons. The van der Waals surface area contributed by atoms with Crippen LogP contribution in [0.1, 0.15) is 24.1 Å². The number of amides is 1. The molecule has 2 saturated heterocycles. The largest absolute Gasteiger partial charge is 0.462 e. The topological polar surface area (TPSA) is 87.6 Å². The van der Waals surface area contributed by atoms with Crippen molar-refractivity contribution in [3.63, 3.8) is 0 Å². The number of terminal acetylenes is 1. The zero-order valence-corrected chi connectivity index (χ0v) is 26.4. The molecule has 0 aliphatic carbocycles. The third-order valence-corrected chi connectivity index (χ3v) is 9.07. The maximum absolute atomic E-state index is 16.7. The molecule has 2 aromatic carbocycles. The third-order valence-electron chi connectivity index (χ3n) is 9.07. The number of aromatic nitrogens is 4. The number of benzene rings is 2. The summed E-state index contributed by atoms with van der Waals surface area (Å²) >= 11 is 0. The van der Waals surface area contributed by atoms with Gasteiger partial charge in [0, 0.05) is 67.2 Å². The molecule has 0 saturated carbocycles. The van der Waals surface area contributed by atoms with Gasteiger partial charge < -0.3 is 19.4 Å². The second-order valence-electron chi connectivity index (χ2n) is 12.0. The van der Waals surface area contributed by atoms with Gasteiger partial charge in [-0.05, 0) is 50.0 Å². The van der Waals surface area contributed by atoms with E-state index in [1.165, 1.54) is 11.1 Å². The number of pyridine rings is 2. The standard InChI is InChI=1S/C37H33F2N7O2/c1-3-24-9-6-10-25-11-7-14-28(31(24)25)33-32(39)34-29(22-41-33)35(43-37(42-34)48-23-27-13-8-16-44(27)2)45-17-19-46(20-18-45)36(47)30(38)21-26-12-4-5-15-40-26/h1,4-7,9-12,14-15,21-22,27H,8,13,16-20,23H2,2H3/b30-21-. The Bertz CT molecular complexity index is 2070. The molecule has 9 nitrogen and oxygen atoms in total. The molecule has 48 heavy (non-hydrogen) atoms. The van der Waals surface area contributed by atoms with Gasteiger partial charge in [0.05, 0.1) is 11.1 Å². The fourth-order valence-electron chi connectivity index (χ4n) is 6.46. The molecule has 1 amide bonds. The Balaban J connectivity index is 1.23. The molecule has 11 heteroatoms. The van der Waals surface area contributed by atoms with Crippen LogP contribution in [0, 0.1) is 18.2 Å². The van der Waals surface area contributed by atoms with Gasteiger partial charge in [0.25, 0.3) is 5.91 Å². The Morgan fingerprint density at radius 3 is 2.58 bits per heavy atom. The summed E-state index contributed by atoms with van der Waals surface area (Å²) in [5.41, 5.74) is 1.74. The highest BCUT2D eigenvalue weighted by Crippen LogP contribution is 2.36. The molecule has 0 spiro atoms. The first-order valence-corrected chi connectivity index (χ1v) is 15.9. The highest BCUT2D eigenvalue weighted by molar-refractivity contribution is 6.02. The van der Waals surface area contributed by atoms with Crippen molar-refractivity contribution in [3.8, 4) is 29.6 Å². The number of hydrogen-bond acceptors (Lipinski definition) is 8. The fourth-order valence-corrected chi connectivity index (χ4v) is 6.46. The van der Waals surface area contributed by atoms with Crippen LogP contribution in [-0.2, 0) is 4.79 Å². The van der Waals surface area contributed by atoms with Crippen LogP contribution in [0.5, 0.6) is 6.01 Å². The van der Waals surface area contributed by atoms with Crippen molar-refractivity contribution >= 4 is 39.5 Å². The van der Waals surface area contributed by atoms with E-state index in [2.05, 4.69) is 32.8 Å². The Morgan fingerprint density at radius 2 is 1.85 bits per heavy atom. The number of likely N-dealkylation sites (tertiary alicyclic amines) is 1. The van der Waals surface area contributed by atoms with Crippen LogP contribution >= 0.6 is 0 Å². The molecule has 2 fully saturated rings. The predicted molar refractivity (Wildman–Crippen MR) is 181 cm³/mol. The van der Waals surface area contributed by atoms with E-state index in [9.17, 15) is 9.18 Å². The number of fused-ring (bicyclic) bond motifs is 2. The van der Waals surface area contributed by atoms with Crippen molar-refractivity contribution in [3.05, 3.63) is 89.9 Å². The van der Waals surface area contributed by atoms with Crippen molar-refractivity contribution < 1.29 is 18.3 Å². The van der Waals surface area contributed by atoms with Crippen molar-refractivity contribution in [2.24, 2.45) is 0 Å². The van der Waals surface area contributed by atoms with Crippen LogP contribution in [0.15, 0.2) is 72.8 Å². The zero-order chi connectivity index (χ0) is 33.2. The van der Waals surface area contributed by atoms with E-state index in [-0.39, 0.29) is 36.4 Å². The van der Waals surface area contributed by atoms with Gasteiger partial charge >= 0.3 is 6.01 Å². The Hall–Kier alpha value is -5.47. The molecule has 2 aliphatic heterocycles. The summed E-state index contributed by atoms with van der Waals surface area (Å²) < 4.78 is 37.7. The van der Waals surface area contributed by atoms with Crippen molar-refractivity contribution in [1.29, 1.82) is 0 Å². The lowest BCUT2D eigenvalue weighted by molar-refractivity contribution is -0.128. The molecule has 2 aliphatic rings. The second kappa shape index (κ2) is 13.3. The Labute approximate surface area is 276 Å². The predicted octanol–water partition coefficient (Wildman–Crippen LogP) is 5.49. The molecular weight excluding hydrogens is 612 g/mol. The number of likely N-dealkylation sites (N-methyl/N-ethyl adjacent to an activating group) is 1. The molecule has 0 bridgehead atoms. The van der Waals surface area contributed by atoms with E-state index in [1.807, 2.05) is 35.2 Å². The smallest absolute Gasteiger partial charge is 0.319 e. The molecule has 5 aromatic rings. The number of hydrogen-bond donors (Lipinski definition) is 0. The van der Waals surface area contributed by atoms with Gasteiger partial charge in [0.2, 0.25) is 0 Å². The SMILES string of the molecule is C#Cc1cccc2cccc(-c3ncc4c(N5CCN(C(=O)/C(F)=C/c6ccccn6)CC5)nc(OCC5CCCN5C)nc4c3F)c12. The average molecular weight is 646 g/mol. The summed E-state index contributed by atoms with van der Waals surface area (Å²) in [5.74, 6) is 0.932. The number of carbonyl (C=O) groups is 1. The number of rotatable bonds is 7. The average Bonchev–Trinajstić information content (AvgIpc) is 3.54. The van der Waals surface area contributed by atoms with Gasteiger partial charge in [-0.1, -0.05) is 42.3 Å². The summed E-state index contributed by atoms with van der Waals surface area (Å²) in [4.78, 5) is 36.5. The van der Waals surface area contributed by atoms with Gasteiger partial charge in [-0.2, -0.15) is 9.97 Å². The van der Waals surface area contributed by atoms with E-state index >= 15 is 4.39 Å². The van der Waals surface area contributed by atoms with Crippen molar-refractivity contribution in [2.75, 3.05) is 51.3 Å².